The van der Waals surface area contributed by atoms with Gasteiger partial charge >= 0.3 is 0 Å². The summed E-state index contributed by atoms with van der Waals surface area (Å²) in [6.07, 6.45) is 0.199. The van der Waals surface area contributed by atoms with E-state index in [1.807, 2.05) is 0 Å². The predicted octanol–water partition coefficient (Wildman–Crippen LogP) is 2.18. The van der Waals surface area contributed by atoms with Crippen molar-refractivity contribution in [2.24, 2.45) is 5.92 Å². The van der Waals surface area contributed by atoms with Gasteiger partial charge in [-0.2, -0.15) is 0 Å². The van der Waals surface area contributed by atoms with Gasteiger partial charge in [-0.15, -0.1) is 0 Å². The van der Waals surface area contributed by atoms with Crippen LogP contribution in [0, 0.1) is 5.92 Å². The molecule has 0 radical (unpaired) electrons. The summed E-state index contributed by atoms with van der Waals surface area (Å²) < 4.78 is 27.1. The maximum absolute atomic E-state index is 13.6. The van der Waals surface area contributed by atoms with E-state index in [1.54, 1.807) is 24.3 Å². The number of phenols is 1. The molecule has 0 spiro atoms. The van der Waals surface area contributed by atoms with Crippen molar-refractivity contribution in [3.05, 3.63) is 29.8 Å². The molecule has 2 N–H and O–H groups in total. The maximum Gasteiger partial charge on any atom is 0.253 e. The number of hydrogen-bond acceptors (Lipinski definition) is 2. The highest BCUT2D eigenvalue weighted by atomic mass is 19.3. The van der Waals surface area contributed by atoms with Gasteiger partial charge in [0.2, 0.25) is 0 Å². The average Bonchev–Trinajstić information content (AvgIpc) is 2.21. The van der Waals surface area contributed by atoms with Crippen molar-refractivity contribution in [3.63, 3.8) is 0 Å². The Hall–Kier alpha value is -1.16. The molecular formula is C12H15F2NO. The maximum atomic E-state index is 13.6. The van der Waals surface area contributed by atoms with Crippen molar-refractivity contribution in [2.45, 2.75) is 18.8 Å². The fraction of sp³-hybridized carbons (Fsp3) is 0.500. The van der Waals surface area contributed by atoms with Crippen molar-refractivity contribution < 1.29 is 13.9 Å². The van der Waals surface area contributed by atoms with Crippen LogP contribution in [0.3, 0.4) is 0 Å². The minimum Gasteiger partial charge on any atom is -0.508 e. The van der Waals surface area contributed by atoms with Crippen LogP contribution in [0.4, 0.5) is 8.78 Å². The number of aromatic hydroxyl groups is 1. The van der Waals surface area contributed by atoms with Crippen LogP contribution >= 0.6 is 0 Å². The Bertz CT molecular complexity index is 368. The van der Waals surface area contributed by atoms with Crippen LogP contribution in [0.25, 0.3) is 0 Å². The lowest BCUT2D eigenvalue weighted by atomic mass is 9.89. The molecule has 1 aromatic carbocycles. The molecule has 0 bridgehead atoms. The predicted molar refractivity (Wildman–Crippen MR) is 57.7 cm³/mol. The van der Waals surface area contributed by atoms with Gasteiger partial charge in [-0.1, -0.05) is 12.1 Å². The topological polar surface area (TPSA) is 32.3 Å². The van der Waals surface area contributed by atoms with E-state index >= 15 is 0 Å². The number of benzene rings is 1. The Balaban J connectivity index is 2.08. The molecule has 1 atom stereocenters. The molecule has 0 aliphatic carbocycles. The van der Waals surface area contributed by atoms with Crippen LogP contribution < -0.4 is 5.32 Å². The number of phenolic OH excluding ortho intramolecular Hbond substituents is 1. The molecule has 0 aromatic heterocycles. The van der Waals surface area contributed by atoms with Crippen molar-refractivity contribution in [1.82, 2.24) is 5.32 Å². The summed E-state index contributed by atoms with van der Waals surface area (Å²) in [6, 6.07) is 6.54. The fourth-order valence-corrected chi connectivity index (χ4v) is 2.07. The third kappa shape index (κ3) is 2.50. The first kappa shape index (κ1) is 11.3. The molecule has 16 heavy (non-hydrogen) atoms. The van der Waals surface area contributed by atoms with Crippen molar-refractivity contribution in [3.8, 4) is 5.75 Å². The molecule has 0 amide bonds. The molecule has 4 heteroatoms. The Morgan fingerprint density at radius 1 is 1.44 bits per heavy atom. The quantitative estimate of drug-likeness (QED) is 0.811. The Labute approximate surface area is 93.3 Å². The SMILES string of the molecule is Oc1cccc(CC2CNCCC2(F)F)c1. The molecule has 1 aliphatic rings. The zero-order valence-corrected chi connectivity index (χ0v) is 8.92. The summed E-state index contributed by atoms with van der Waals surface area (Å²) in [4.78, 5) is 0. The van der Waals surface area contributed by atoms with Gasteiger partial charge in [0.1, 0.15) is 5.75 Å². The zero-order chi connectivity index (χ0) is 11.6. The minimum absolute atomic E-state index is 0.101. The molecule has 1 saturated heterocycles. The first-order valence-electron chi connectivity index (χ1n) is 5.44. The molecule has 2 nitrogen and oxygen atoms in total. The summed E-state index contributed by atoms with van der Waals surface area (Å²) in [6.45, 7) is 0.714. The number of hydrogen-bond donors (Lipinski definition) is 2. The van der Waals surface area contributed by atoms with Crippen LogP contribution in [0.15, 0.2) is 24.3 Å². The smallest absolute Gasteiger partial charge is 0.253 e. The number of nitrogens with one attached hydrogen (secondary N) is 1. The summed E-state index contributed by atoms with van der Waals surface area (Å²) in [5.74, 6) is -3.15. The molecule has 2 rings (SSSR count). The zero-order valence-electron chi connectivity index (χ0n) is 8.92. The first-order chi connectivity index (χ1) is 7.58. The normalized spacial score (nSPS) is 24.2. The van der Waals surface area contributed by atoms with E-state index in [0.717, 1.165) is 5.56 Å². The third-order valence-electron chi connectivity index (χ3n) is 3.02. The van der Waals surface area contributed by atoms with Gasteiger partial charge in [0.25, 0.3) is 5.92 Å². The van der Waals surface area contributed by atoms with E-state index in [-0.39, 0.29) is 12.2 Å². The number of halogens is 2. The van der Waals surface area contributed by atoms with Gasteiger partial charge < -0.3 is 10.4 Å². The standard InChI is InChI=1S/C12H15F2NO/c13-12(14)4-5-15-8-10(12)6-9-2-1-3-11(16)7-9/h1-3,7,10,15-16H,4-6,8H2. The Morgan fingerprint density at radius 3 is 2.94 bits per heavy atom. The van der Waals surface area contributed by atoms with E-state index < -0.39 is 11.8 Å². The van der Waals surface area contributed by atoms with Gasteiger partial charge in [-0.05, 0) is 24.1 Å². The van der Waals surface area contributed by atoms with E-state index in [0.29, 0.717) is 19.5 Å². The van der Waals surface area contributed by atoms with Crippen LogP contribution in [0.5, 0.6) is 5.75 Å². The van der Waals surface area contributed by atoms with Crippen molar-refractivity contribution in [1.29, 1.82) is 0 Å². The third-order valence-corrected chi connectivity index (χ3v) is 3.02. The van der Waals surface area contributed by atoms with Crippen molar-refractivity contribution >= 4 is 0 Å². The van der Waals surface area contributed by atoms with Crippen LogP contribution in [-0.4, -0.2) is 24.1 Å². The fourth-order valence-electron chi connectivity index (χ4n) is 2.07. The highest BCUT2D eigenvalue weighted by molar-refractivity contribution is 5.27. The van der Waals surface area contributed by atoms with Gasteiger partial charge in [-0.25, -0.2) is 8.78 Å². The van der Waals surface area contributed by atoms with Gasteiger partial charge in [0.15, 0.2) is 0 Å². The minimum atomic E-state index is -2.60. The molecule has 1 fully saturated rings. The number of piperidine rings is 1. The van der Waals surface area contributed by atoms with Crippen LogP contribution in [0.1, 0.15) is 12.0 Å². The highest BCUT2D eigenvalue weighted by Crippen LogP contribution is 2.33. The van der Waals surface area contributed by atoms with Gasteiger partial charge in [-0.3, -0.25) is 0 Å². The summed E-state index contributed by atoms with van der Waals surface area (Å²) >= 11 is 0. The van der Waals surface area contributed by atoms with Gasteiger partial charge in [0, 0.05) is 25.4 Å². The number of rotatable bonds is 2. The summed E-state index contributed by atoms with van der Waals surface area (Å²) in [7, 11) is 0. The lowest BCUT2D eigenvalue weighted by Crippen LogP contribution is -2.45. The highest BCUT2D eigenvalue weighted by Gasteiger charge is 2.41. The summed E-state index contributed by atoms with van der Waals surface area (Å²) in [5.41, 5.74) is 0.758. The van der Waals surface area contributed by atoms with Crippen molar-refractivity contribution in [2.75, 3.05) is 13.1 Å². The molecule has 0 saturated carbocycles. The lowest BCUT2D eigenvalue weighted by molar-refractivity contribution is -0.0776. The summed E-state index contributed by atoms with van der Waals surface area (Å²) in [5, 5.41) is 12.3. The second-order valence-corrected chi connectivity index (χ2v) is 4.29. The molecule has 1 heterocycles. The Morgan fingerprint density at radius 2 is 2.25 bits per heavy atom. The van der Waals surface area contributed by atoms with Crippen LogP contribution in [0.2, 0.25) is 0 Å². The largest absolute Gasteiger partial charge is 0.508 e. The van der Waals surface area contributed by atoms with Gasteiger partial charge in [0.05, 0.1) is 0 Å². The van der Waals surface area contributed by atoms with E-state index in [1.165, 1.54) is 0 Å². The molecule has 1 unspecified atom stereocenters. The van der Waals surface area contributed by atoms with E-state index in [2.05, 4.69) is 5.32 Å². The monoisotopic (exact) mass is 227 g/mol. The second-order valence-electron chi connectivity index (χ2n) is 4.29. The first-order valence-corrected chi connectivity index (χ1v) is 5.44. The molecule has 88 valence electrons. The lowest BCUT2D eigenvalue weighted by Gasteiger charge is -2.32. The van der Waals surface area contributed by atoms with Crippen LogP contribution in [-0.2, 0) is 6.42 Å². The van der Waals surface area contributed by atoms with E-state index in [4.69, 9.17) is 0 Å². The Kier molecular flexibility index (Phi) is 3.10. The second kappa shape index (κ2) is 4.37. The molecule has 1 aliphatic heterocycles. The number of alkyl halides is 2. The average molecular weight is 227 g/mol. The molecular weight excluding hydrogens is 212 g/mol. The molecule has 1 aromatic rings. The van der Waals surface area contributed by atoms with E-state index in [9.17, 15) is 13.9 Å².